The average Bonchev–Trinajstić information content (AvgIpc) is 4.00. The molecule has 0 nitrogen and oxygen atoms in total. The van der Waals surface area contributed by atoms with Gasteiger partial charge in [-0.2, -0.15) is 0 Å². The zero-order chi connectivity index (χ0) is 37.1. The van der Waals surface area contributed by atoms with Gasteiger partial charge in [-0.25, -0.2) is 0 Å². The van der Waals surface area contributed by atoms with Crippen LogP contribution in [0, 0.1) is 0 Å². The zero-order valence-corrected chi connectivity index (χ0v) is 31.2. The second-order valence-corrected chi connectivity index (χ2v) is 16.9. The summed E-state index contributed by atoms with van der Waals surface area (Å²) in [5.74, 6) is 0. The topological polar surface area (TPSA) is 0 Å². The molecule has 0 atom stereocenters. The molecule has 0 aliphatic carbocycles. The maximum Gasteiger partial charge on any atom is -0.000696 e. The summed E-state index contributed by atoms with van der Waals surface area (Å²) in [7, 11) is 0. The van der Waals surface area contributed by atoms with Crippen LogP contribution in [-0.2, 0) is 0 Å². The summed E-state index contributed by atoms with van der Waals surface area (Å²) in [6, 6.07) is 65.2. The Morgan fingerprint density at radius 2 is 0.517 bits per heavy atom. The lowest BCUT2D eigenvalue weighted by atomic mass is 9.87. The van der Waals surface area contributed by atoms with E-state index in [4.69, 9.17) is 0 Å². The minimum Gasteiger partial charge on any atom is -0.0622 e. The van der Waals surface area contributed by atoms with E-state index in [1.54, 1.807) is 0 Å². The Labute approximate surface area is 330 Å². The van der Waals surface area contributed by atoms with E-state index in [-0.39, 0.29) is 0 Å². The monoisotopic (exact) mass is 724 g/mol. The third kappa shape index (κ3) is 3.04. The molecular weight excluding hydrogens is 697 g/mol. The molecule has 0 aromatic heterocycles. The highest BCUT2D eigenvalue weighted by Crippen LogP contribution is 2.56. The third-order valence-corrected chi connectivity index (χ3v) is 14.5. The molecule has 0 N–H and O–H groups in total. The fraction of sp³-hybridized carbons (Fsp3) is 0. The first-order valence-corrected chi connectivity index (χ1v) is 20.5. The first-order chi connectivity index (χ1) is 28.8. The van der Waals surface area contributed by atoms with E-state index in [1.807, 2.05) is 0 Å². The Balaban J connectivity index is 1.10. The Hall–Kier alpha value is -7.54. The van der Waals surface area contributed by atoms with Crippen molar-refractivity contribution < 1.29 is 0 Å². The molecule has 0 saturated heterocycles. The van der Waals surface area contributed by atoms with Gasteiger partial charge in [-0.15, -0.1) is 0 Å². The van der Waals surface area contributed by atoms with Crippen LogP contribution in [0.5, 0.6) is 0 Å². The van der Waals surface area contributed by atoms with E-state index in [0.717, 1.165) is 0 Å². The predicted molar refractivity (Wildman–Crippen MR) is 253 cm³/mol. The maximum atomic E-state index is 2.49. The first-order valence-electron chi connectivity index (χ1n) is 20.5. The van der Waals surface area contributed by atoms with Crippen LogP contribution in [0.4, 0.5) is 0 Å². The summed E-state index contributed by atoms with van der Waals surface area (Å²) in [6.45, 7) is 0. The van der Waals surface area contributed by atoms with Crippen LogP contribution >= 0.6 is 0 Å². The molecule has 16 aromatic rings. The van der Waals surface area contributed by atoms with Crippen LogP contribution in [0.3, 0.4) is 0 Å². The maximum absolute atomic E-state index is 2.49. The van der Waals surface area contributed by atoms with Crippen molar-refractivity contribution in [3.8, 4) is 11.1 Å². The van der Waals surface area contributed by atoms with Gasteiger partial charge in [0.15, 0.2) is 0 Å². The number of hydrogen-bond acceptors (Lipinski definition) is 0. The SMILES string of the molecule is c1ccc(-c2c3cccc4c5ccccc5c(c34)c3c4ccc5c6ccc7c8cc9c(cc8c8ccc(c%10ccc(c23)c4c%105)c6c87)c2cccc3cccc9c32)cc1. The highest BCUT2D eigenvalue weighted by atomic mass is 14.3. The fourth-order valence-corrected chi connectivity index (χ4v) is 12.4. The highest BCUT2D eigenvalue weighted by Gasteiger charge is 2.27. The van der Waals surface area contributed by atoms with Gasteiger partial charge in [0.1, 0.15) is 0 Å². The van der Waals surface area contributed by atoms with Crippen molar-refractivity contribution in [1.82, 2.24) is 0 Å². The summed E-state index contributed by atoms with van der Waals surface area (Å²) in [4.78, 5) is 0. The number of hydrogen-bond donors (Lipinski definition) is 0. The van der Waals surface area contributed by atoms with Crippen LogP contribution in [0.2, 0.25) is 0 Å². The van der Waals surface area contributed by atoms with Crippen LogP contribution in [0.1, 0.15) is 0 Å². The van der Waals surface area contributed by atoms with Crippen molar-refractivity contribution >= 4 is 151 Å². The Bertz CT molecular complexity index is 4320. The zero-order valence-electron chi connectivity index (χ0n) is 31.2. The Morgan fingerprint density at radius 3 is 1.10 bits per heavy atom. The summed E-state index contributed by atoms with van der Waals surface area (Å²) >= 11 is 0. The molecule has 0 spiro atoms. The lowest BCUT2D eigenvalue weighted by Gasteiger charge is -2.15. The summed E-state index contributed by atoms with van der Waals surface area (Å²) < 4.78 is 0. The van der Waals surface area contributed by atoms with Gasteiger partial charge < -0.3 is 0 Å². The minimum atomic E-state index is 1.27. The van der Waals surface area contributed by atoms with Crippen LogP contribution < -0.4 is 0 Å². The third-order valence-electron chi connectivity index (χ3n) is 14.5. The van der Waals surface area contributed by atoms with Gasteiger partial charge in [-0.05, 0) is 174 Å². The lowest BCUT2D eigenvalue weighted by Crippen LogP contribution is -1.87. The normalized spacial score (nSPS) is 13.2. The molecule has 0 aliphatic rings. The van der Waals surface area contributed by atoms with Gasteiger partial charge in [-0.1, -0.05) is 158 Å². The summed E-state index contributed by atoms with van der Waals surface area (Å²) in [6.07, 6.45) is 0. The quantitative estimate of drug-likeness (QED) is 0.117. The largest absolute Gasteiger partial charge is 0.0622 e. The van der Waals surface area contributed by atoms with Gasteiger partial charge in [0.2, 0.25) is 0 Å². The van der Waals surface area contributed by atoms with Gasteiger partial charge in [0, 0.05) is 0 Å². The van der Waals surface area contributed by atoms with E-state index in [9.17, 15) is 0 Å². The van der Waals surface area contributed by atoms with Gasteiger partial charge >= 0.3 is 0 Å². The molecule has 16 rings (SSSR count). The average molecular weight is 725 g/mol. The van der Waals surface area contributed by atoms with Gasteiger partial charge in [-0.3, -0.25) is 0 Å². The van der Waals surface area contributed by atoms with Crippen molar-refractivity contribution in [3.05, 3.63) is 170 Å². The van der Waals surface area contributed by atoms with Crippen LogP contribution in [0.25, 0.3) is 162 Å². The van der Waals surface area contributed by atoms with Crippen molar-refractivity contribution in [2.75, 3.05) is 0 Å². The molecule has 0 fully saturated rings. The van der Waals surface area contributed by atoms with E-state index >= 15 is 0 Å². The van der Waals surface area contributed by atoms with Crippen molar-refractivity contribution in [3.63, 3.8) is 0 Å². The van der Waals surface area contributed by atoms with Crippen LogP contribution in [0.15, 0.2) is 170 Å². The molecular formula is C58H28. The molecule has 0 saturated carbocycles. The van der Waals surface area contributed by atoms with Crippen molar-refractivity contribution in [2.45, 2.75) is 0 Å². The molecule has 0 unspecified atom stereocenters. The Kier molecular flexibility index (Phi) is 4.73. The molecule has 16 aromatic carbocycles. The molecule has 58 heavy (non-hydrogen) atoms. The standard InChI is InChI=1S/C58H28/c1-2-9-30(10-3-1)50-42-18-8-17-32-31-13-4-5-14-33(31)56(54(32)42)58-44-26-24-39-37-20-22-41-48-28-46-35-16-7-12-29-11-6-15-34(49(29)35)45(46)27-47(48)40-21-19-36(51(37)53(40)41)38-23-25-43(57(50)58)55(44)52(38)39/h1-28H. The number of benzene rings is 12. The second kappa shape index (κ2) is 9.52. The first kappa shape index (κ1) is 28.8. The smallest absolute Gasteiger partial charge is 0.000696 e. The highest BCUT2D eigenvalue weighted by molar-refractivity contribution is 6.52. The molecule has 0 aliphatic heterocycles. The van der Waals surface area contributed by atoms with Gasteiger partial charge in [0.05, 0.1) is 0 Å². The molecule has 260 valence electrons. The molecule has 0 bridgehead atoms. The fourth-order valence-electron chi connectivity index (χ4n) is 12.4. The van der Waals surface area contributed by atoms with Crippen LogP contribution in [-0.4, -0.2) is 0 Å². The van der Waals surface area contributed by atoms with E-state index < -0.39 is 0 Å². The van der Waals surface area contributed by atoms with E-state index in [2.05, 4.69) is 170 Å². The van der Waals surface area contributed by atoms with Crippen molar-refractivity contribution in [1.29, 1.82) is 0 Å². The summed E-state index contributed by atoms with van der Waals surface area (Å²) in [5.41, 5.74) is 2.62. The Morgan fingerprint density at radius 1 is 0.172 bits per heavy atom. The van der Waals surface area contributed by atoms with Crippen molar-refractivity contribution in [2.24, 2.45) is 0 Å². The van der Waals surface area contributed by atoms with E-state index in [0.29, 0.717) is 0 Å². The second-order valence-electron chi connectivity index (χ2n) is 16.9. The molecule has 0 heterocycles. The summed E-state index contributed by atoms with van der Waals surface area (Å²) in [5, 5.41) is 38.2. The molecule has 0 radical (unpaired) electrons. The number of fused-ring (bicyclic) bond motifs is 15. The van der Waals surface area contributed by atoms with E-state index in [1.165, 1.54) is 162 Å². The lowest BCUT2D eigenvalue weighted by molar-refractivity contribution is 1.69. The number of rotatable bonds is 1. The van der Waals surface area contributed by atoms with Gasteiger partial charge in [0.25, 0.3) is 0 Å². The molecule has 0 amide bonds. The minimum absolute atomic E-state index is 1.27. The molecule has 0 heteroatoms. The predicted octanol–water partition coefficient (Wildman–Crippen LogP) is 16.7.